The lowest BCUT2D eigenvalue weighted by Crippen LogP contribution is -2.42. The number of nitrogen functional groups attached to an aromatic ring is 1. The number of nitrogens with one attached hydrogen (secondary N) is 2. The molecule has 0 aliphatic carbocycles. The number of anilines is 2. The van der Waals surface area contributed by atoms with Crippen molar-refractivity contribution in [2.75, 3.05) is 30.8 Å². The summed E-state index contributed by atoms with van der Waals surface area (Å²) < 4.78 is 4.99. The molecule has 112 valence electrons. The van der Waals surface area contributed by atoms with Crippen molar-refractivity contribution in [1.29, 1.82) is 0 Å². The molecule has 21 heavy (non-hydrogen) atoms. The second-order valence-electron chi connectivity index (χ2n) is 5.32. The number of amides is 1. The Balaban J connectivity index is 1.93. The average Bonchev–Trinajstić information content (AvgIpc) is 2.84. The van der Waals surface area contributed by atoms with Gasteiger partial charge in [0.05, 0.1) is 22.8 Å². The van der Waals surface area contributed by atoms with Crippen LogP contribution in [0.4, 0.5) is 11.4 Å². The zero-order chi connectivity index (χ0) is 15.0. The van der Waals surface area contributed by atoms with E-state index in [1.165, 1.54) is 0 Å². The van der Waals surface area contributed by atoms with E-state index in [4.69, 9.17) is 10.2 Å². The van der Waals surface area contributed by atoms with E-state index in [9.17, 15) is 9.59 Å². The molecule has 1 aromatic carbocycles. The highest BCUT2D eigenvalue weighted by atomic mass is 16.4. The minimum Gasteiger partial charge on any atom is -0.408 e. The van der Waals surface area contributed by atoms with Gasteiger partial charge in [0.1, 0.15) is 0 Å². The summed E-state index contributed by atoms with van der Waals surface area (Å²) in [4.78, 5) is 27.8. The summed E-state index contributed by atoms with van der Waals surface area (Å²) in [7, 11) is 1.65. The van der Waals surface area contributed by atoms with Crippen molar-refractivity contribution in [1.82, 2.24) is 10.3 Å². The van der Waals surface area contributed by atoms with Gasteiger partial charge in [-0.15, -0.1) is 0 Å². The van der Waals surface area contributed by atoms with Gasteiger partial charge in [-0.1, -0.05) is 0 Å². The number of piperidine rings is 1. The molecular formula is C14H18N4O3. The summed E-state index contributed by atoms with van der Waals surface area (Å²) in [6, 6.07) is 3.45. The van der Waals surface area contributed by atoms with Gasteiger partial charge in [0.2, 0.25) is 5.91 Å². The van der Waals surface area contributed by atoms with Crippen LogP contribution in [0.1, 0.15) is 12.8 Å². The van der Waals surface area contributed by atoms with Crippen LogP contribution in [-0.2, 0) is 4.79 Å². The molecule has 2 heterocycles. The topological polar surface area (TPSA) is 104 Å². The Kier molecular flexibility index (Phi) is 3.32. The molecule has 2 aromatic rings. The quantitative estimate of drug-likeness (QED) is 0.705. The van der Waals surface area contributed by atoms with E-state index < -0.39 is 5.76 Å². The lowest BCUT2D eigenvalue weighted by molar-refractivity contribution is -0.124. The normalized spacial score (nSPS) is 18.9. The Morgan fingerprint density at radius 1 is 1.52 bits per heavy atom. The maximum absolute atomic E-state index is 11.8. The summed E-state index contributed by atoms with van der Waals surface area (Å²) >= 11 is 0. The number of fused-ring (bicyclic) bond motifs is 1. The van der Waals surface area contributed by atoms with Crippen LogP contribution < -0.4 is 21.7 Å². The van der Waals surface area contributed by atoms with Crippen molar-refractivity contribution in [2.24, 2.45) is 5.92 Å². The van der Waals surface area contributed by atoms with Gasteiger partial charge in [-0.2, -0.15) is 0 Å². The van der Waals surface area contributed by atoms with Crippen LogP contribution in [0.5, 0.6) is 0 Å². The van der Waals surface area contributed by atoms with Gasteiger partial charge in [-0.05, 0) is 18.9 Å². The molecule has 0 bridgehead atoms. The van der Waals surface area contributed by atoms with E-state index in [2.05, 4.69) is 15.2 Å². The van der Waals surface area contributed by atoms with Gasteiger partial charge in [-0.25, -0.2) is 4.79 Å². The molecule has 0 saturated carbocycles. The van der Waals surface area contributed by atoms with Gasteiger partial charge >= 0.3 is 5.76 Å². The first-order valence-corrected chi connectivity index (χ1v) is 6.97. The van der Waals surface area contributed by atoms with Crippen LogP contribution in [0.15, 0.2) is 21.3 Å². The highest BCUT2D eigenvalue weighted by Crippen LogP contribution is 2.31. The third-order valence-corrected chi connectivity index (χ3v) is 3.95. The standard InChI is InChI=1S/C14H18N4O3/c1-16-13(19)8-3-2-4-18(7-8)11-6-10-12(5-9(11)15)21-14(20)17-10/h5-6,8H,2-4,7,15H2,1H3,(H,16,19)(H,17,20). The lowest BCUT2D eigenvalue weighted by atomic mass is 9.96. The number of carbonyl (C=O) groups is 1. The molecular weight excluding hydrogens is 272 g/mol. The van der Waals surface area contributed by atoms with Crippen LogP contribution in [0.25, 0.3) is 11.1 Å². The second kappa shape index (κ2) is 5.16. The van der Waals surface area contributed by atoms with E-state index in [1.54, 1.807) is 13.1 Å². The number of aromatic nitrogens is 1. The van der Waals surface area contributed by atoms with Crippen molar-refractivity contribution in [2.45, 2.75) is 12.8 Å². The molecule has 1 fully saturated rings. The van der Waals surface area contributed by atoms with Crippen LogP contribution in [-0.4, -0.2) is 31.0 Å². The van der Waals surface area contributed by atoms with Gasteiger partial charge in [0, 0.05) is 26.2 Å². The van der Waals surface area contributed by atoms with Crippen LogP contribution in [0.3, 0.4) is 0 Å². The van der Waals surface area contributed by atoms with Gasteiger partial charge in [-0.3, -0.25) is 9.78 Å². The molecule has 1 amide bonds. The van der Waals surface area contributed by atoms with E-state index in [-0.39, 0.29) is 11.8 Å². The third kappa shape index (κ3) is 2.46. The Morgan fingerprint density at radius 2 is 2.33 bits per heavy atom. The Labute approximate surface area is 121 Å². The number of H-pyrrole nitrogens is 1. The van der Waals surface area contributed by atoms with E-state index in [1.807, 2.05) is 6.07 Å². The largest absolute Gasteiger partial charge is 0.417 e. The number of benzene rings is 1. The van der Waals surface area contributed by atoms with Crippen LogP contribution in [0, 0.1) is 5.92 Å². The molecule has 1 unspecified atom stereocenters. The van der Waals surface area contributed by atoms with Gasteiger partial charge in [0.15, 0.2) is 5.58 Å². The van der Waals surface area contributed by atoms with Crippen molar-refractivity contribution in [3.8, 4) is 0 Å². The fraction of sp³-hybridized carbons (Fsp3) is 0.429. The number of carbonyl (C=O) groups excluding carboxylic acids is 1. The molecule has 7 heteroatoms. The molecule has 4 N–H and O–H groups in total. The monoisotopic (exact) mass is 290 g/mol. The van der Waals surface area contributed by atoms with Crippen LogP contribution in [0.2, 0.25) is 0 Å². The Morgan fingerprint density at radius 3 is 3.10 bits per heavy atom. The smallest absolute Gasteiger partial charge is 0.408 e. The number of rotatable bonds is 2. The number of nitrogens with zero attached hydrogens (tertiary/aromatic N) is 1. The third-order valence-electron chi connectivity index (χ3n) is 3.95. The predicted molar refractivity (Wildman–Crippen MR) is 80.3 cm³/mol. The molecule has 1 saturated heterocycles. The second-order valence-corrected chi connectivity index (χ2v) is 5.32. The van der Waals surface area contributed by atoms with E-state index >= 15 is 0 Å². The summed E-state index contributed by atoms with van der Waals surface area (Å²) in [6.07, 6.45) is 1.80. The SMILES string of the molecule is CNC(=O)C1CCCN(c2cc3[nH]c(=O)oc3cc2N)C1. The summed E-state index contributed by atoms with van der Waals surface area (Å²) in [5, 5.41) is 2.69. The zero-order valence-corrected chi connectivity index (χ0v) is 11.8. The van der Waals surface area contributed by atoms with Crippen LogP contribution >= 0.6 is 0 Å². The highest BCUT2D eigenvalue weighted by Gasteiger charge is 2.26. The summed E-state index contributed by atoms with van der Waals surface area (Å²) in [5.41, 5.74) is 8.50. The molecule has 7 nitrogen and oxygen atoms in total. The maximum atomic E-state index is 11.8. The Bertz CT molecular complexity index is 733. The lowest BCUT2D eigenvalue weighted by Gasteiger charge is -2.34. The van der Waals surface area contributed by atoms with Gasteiger partial charge < -0.3 is 20.4 Å². The minimum atomic E-state index is -0.497. The van der Waals surface area contributed by atoms with Gasteiger partial charge in [0.25, 0.3) is 0 Å². The predicted octanol–water partition coefficient (Wildman–Crippen LogP) is 0.666. The molecule has 3 rings (SSSR count). The fourth-order valence-corrected chi connectivity index (χ4v) is 2.89. The summed E-state index contributed by atoms with van der Waals surface area (Å²) in [6.45, 7) is 1.46. The molecule has 1 aliphatic rings. The minimum absolute atomic E-state index is 0.0396. The molecule has 0 radical (unpaired) electrons. The van der Waals surface area contributed by atoms with E-state index in [0.717, 1.165) is 25.1 Å². The number of hydrogen-bond acceptors (Lipinski definition) is 5. The molecule has 1 aliphatic heterocycles. The first kappa shape index (κ1) is 13.5. The maximum Gasteiger partial charge on any atom is 0.417 e. The van der Waals surface area contributed by atoms with Crippen molar-refractivity contribution >= 4 is 28.4 Å². The Hall–Kier alpha value is -2.44. The molecule has 1 atom stereocenters. The first-order valence-electron chi connectivity index (χ1n) is 6.97. The molecule has 1 aromatic heterocycles. The van der Waals surface area contributed by atoms with E-state index in [0.29, 0.717) is 23.3 Å². The molecule has 0 spiro atoms. The average molecular weight is 290 g/mol. The number of nitrogens with two attached hydrogens (primary N) is 1. The fourth-order valence-electron chi connectivity index (χ4n) is 2.89. The first-order chi connectivity index (χ1) is 10.1. The number of hydrogen-bond donors (Lipinski definition) is 3. The number of oxazole rings is 1. The highest BCUT2D eigenvalue weighted by molar-refractivity contribution is 5.86. The summed E-state index contributed by atoms with van der Waals surface area (Å²) in [5.74, 6) is -0.484. The number of aromatic amines is 1. The van der Waals surface area contributed by atoms with Crippen molar-refractivity contribution in [3.05, 3.63) is 22.7 Å². The van der Waals surface area contributed by atoms with Crippen molar-refractivity contribution in [3.63, 3.8) is 0 Å². The van der Waals surface area contributed by atoms with Crippen molar-refractivity contribution < 1.29 is 9.21 Å². The zero-order valence-electron chi connectivity index (χ0n) is 11.8.